The van der Waals surface area contributed by atoms with Gasteiger partial charge in [0.05, 0.1) is 6.61 Å². The topological polar surface area (TPSA) is 70.7 Å². The van der Waals surface area contributed by atoms with Gasteiger partial charge in [-0.1, -0.05) is 0 Å². The summed E-state index contributed by atoms with van der Waals surface area (Å²) in [5, 5.41) is 5.64. The number of carbonyl (C=O) groups excluding carboxylic acids is 2. The number of benzene rings is 1. The molecule has 2 N–H and O–H groups in total. The minimum Gasteiger partial charge on any atom is -0.383 e. The number of aryl methyl sites for hydroxylation is 1. The maximum atomic E-state index is 13.4. The number of ether oxygens (including phenoxy) is 1. The molecule has 6 nitrogen and oxygen atoms in total. The number of urea groups is 1. The molecule has 1 aromatic rings. The number of rotatable bonds is 5. The van der Waals surface area contributed by atoms with Crippen molar-refractivity contribution in [2.75, 3.05) is 32.1 Å². The van der Waals surface area contributed by atoms with E-state index in [1.54, 1.807) is 25.0 Å². The van der Waals surface area contributed by atoms with Gasteiger partial charge in [0.15, 0.2) is 0 Å². The van der Waals surface area contributed by atoms with E-state index in [0.717, 1.165) is 5.56 Å². The average molecular weight is 351 g/mol. The lowest BCUT2D eigenvalue weighted by Gasteiger charge is -2.32. The Balaban J connectivity index is 1.82. The van der Waals surface area contributed by atoms with E-state index in [1.165, 1.54) is 12.1 Å². The fourth-order valence-electron chi connectivity index (χ4n) is 3.01. The van der Waals surface area contributed by atoms with Gasteiger partial charge in [-0.05, 0) is 50.5 Å². The number of methoxy groups -OCH3 is 1. The summed E-state index contributed by atoms with van der Waals surface area (Å²) in [6, 6.07) is 4.12. The van der Waals surface area contributed by atoms with Crippen molar-refractivity contribution in [3.63, 3.8) is 0 Å². The second kappa shape index (κ2) is 8.80. The number of hydrogen-bond acceptors (Lipinski definition) is 3. The highest BCUT2D eigenvalue weighted by molar-refractivity contribution is 5.89. The first-order chi connectivity index (χ1) is 11.9. The average Bonchev–Trinajstić information content (AvgIpc) is 2.54. The van der Waals surface area contributed by atoms with E-state index in [1.807, 2.05) is 6.92 Å². The summed E-state index contributed by atoms with van der Waals surface area (Å²) >= 11 is 0. The van der Waals surface area contributed by atoms with Crippen molar-refractivity contribution in [3.05, 3.63) is 29.6 Å². The largest absolute Gasteiger partial charge is 0.383 e. The quantitative estimate of drug-likeness (QED) is 0.856. The zero-order valence-corrected chi connectivity index (χ0v) is 15.0. The molecule has 1 fully saturated rings. The third-order valence-corrected chi connectivity index (χ3v) is 4.25. The van der Waals surface area contributed by atoms with Crippen LogP contribution in [-0.4, -0.2) is 49.7 Å². The molecule has 0 radical (unpaired) electrons. The normalized spacial score (nSPS) is 16.4. The molecular formula is C18H26FN3O3. The zero-order chi connectivity index (χ0) is 18.4. The van der Waals surface area contributed by atoms with E-state index in [9.17, 15) is 14.0 Å². The maximum Gasteiger partial charge on any atom is 0.321 e. The predicted octanol–water partition coefficient (Wildman–Crippen LogP) is 2.53. The number of amides is 3. The highest BCUT2D eigenvalue weighted by Crippen LogP contribution is 2.19. The lowest BCUT2D eigenvalue weighted by molar-refractivity contribution is -0.127. The van der Waals surface area contributed by atoms with Crippen LogP contribution in [0, 0.1) is 18.7 Å². The van der Waals surface area contributed by atoms with Gasteiger partial charge in [-0.3, -0.25) is 4.79 Å². The van der Waals surface area contributed by atoms with Crippen LogP contribution in [0.2, 0.25) is 0 Å². The number of halogens is 1. The van der Waals surface area contributed by atoms with Gasteiger partial charge in [0.1, 0.15) is 5.82 Å². The van der Waals surface area contributed by atoms with E-state index in [4.69, 9.17) is 4.74 Å². The van der Waals surface area contributed by atoms with Gasteiger partial charge in [0.2, 0.25) is 5.91 Å². The number of anilines is 1. The molecule has 138 valence electrons. The molecule has 1 aliphatic rings. The Morgan fingerprint density at radius 3 is 2.60 bits per heavy atom. The molecular weight excluding hydrogens is 325 g/mol. The molecule has 0 aliphatic carbocycles. The van der Waals surface area contributed by atoms with Crippen molar-refractivity contribution < 1.29 is 18.7 Å². The molecule has 2 rings (SSSR count). The minimum atomic E-state index is -0.379. The fourth-order valence-corrected chi connectivity index (χ4v) is 3.01. The van der Waals surface area contributed by atoms with Crippen LogP contribution >= 0.6 is 0 Å². The van der Waals surface area contributed by atoms with Crippen molar-refractivity contribution in [1.29, 1.82) is 0 Å². The van der Waals surface area contributed by atoms with Gasteiger partial charge < -0.3 is 20.3 Å². The van der Waals surface area contributed by atoms with E-state index in [0.29, 0.717) is 38.2 Å². The van der Waals surface area contributed by atoms with Crippen molar-refractivity contribution in [2.24, 2.45) is 5.92 Å². The Morgan fingerprint density at radius 2 is 2.00 bits per heavy atom. The van der Waals surface area contributed by atoms with Gasteiger partial charge in [0.25, 0.3) is 0 Å². The van der Waals surface area contributed by atoms with E-state index < -0.39 is 0 Å². The van der Waals surface area contributed by atoms with E-state index in [2.05, 4.69) is 10.6 Å². The molecule has 0 aromatic heterocycles. The molecule has 0 bridgehead atoms. The monoisotopic (exact) mass is 351 g/mol. The van der Waals surface area contributed by atoms with E-state index >= 15 is 0 Å². The summed E-state index contributed by atoms with van der Waals surface area (Å²) in [5.74, 6) is -0.471. The lowest BCUT2D eigenvalue weighted by atomic mass is 9.96. The standard InChI is InChI=1S/C18H26FN3O3/c1-12-8-15(19)10-16(9-12)21-18(24)22-6-4-14(5-7-22)17(23)20-13(2)11-25-3/h8-10,13-14H,4-7,11H2,1-3H3,(H,20,23)(H,21,24)/t13-/m1/s1. The molecule has 0 saturated carbocycles. The maximum absolute atomic E-state index is 13.4. The Labute approximate surface area is 147 Å². The second-order valence-corrected chi connectivity index (χ2v) is 6.57. The molecule has 1 atom stereocenters. The summed E-state index contributed by atoms with van der Waals surface area (Å²) < 4.78 is 18.4. The molecule has 7 heteroatoms. The highest BCUT2D eigenvalue weighted by atomic mass is 19.1. The number of nitrogens with zero attached hydrogens (tertiary/aromatic N) is 1. The van der Waals surface area contributed by atoms with Gasteiger partial charge in [-0.25, -0.2) is 9.18 Å². The van der Waals surface area contributed by atoms with Crippen LogP contribution in [0.4, 0.5) is 14.9 Å². The summed E-state index contributed by atoms with van der Waals surface area (Å²) in [5.41, 5.74) is 1.19. The van der Waals surface area contributed by atoms with Gasteiger partial charge in [-0.15, -0.1) is 0 Å². The molecule has 1 saturated heterocycles. The Kier molecular flexibility index (Phi) is 6.75. The Hall–Kier alpha value is -2.15. The van der Waals surface area contributed by atoms with Crippen molar-refractivity contribution in [3.8, 4) is 0 Å². The predicted molar refractivity (Wildman–Crippen MR) is 93.9 cm³/mol. The molecule has 1 heterocycles. The van der Waals surface area contributed by atoms with Gasteiger partial charge in [0, 0.05) is 37.8 Å². The van der Waals surface area contributed by atoms with Crippen LogP contribution in [0.3, 0.4) is 0 Å². The summed E-state index contributed by atoms with van der Waals surface area (Å²) in [6.07, 6.45) is 1.22. The van der Waals surface area contributed by atoms with Crippen LogP contribution in [0.5, 0.6) is 0 Å². The number of carbonyl (C=O) groups is 2. The summed E-state index contributed by atoms with van der Waals surface area (Å²) in [4.78, 5) is 26.2. The number of likely N-dealkylation sites (tertiary alicyclic amines) is 1. The zero-order valence-electron chi connectivity index (χ0n) is 15.0. The number of hydrogen-bond donors (Lipinski definition) is 2. The van der Waals surface area contributed by atoms with Crippen molar-refractivity contribution in [2.45, 2.75) is 32.7 Å². The first kappa shape index (κ1) is 19.2. The van der Waals surface area contributed by atoms with Gasteiger partial charge >= 0.3 is 6.03 Å². The minimum absolute atomic E-state index is 0.00497. The second-order valence-electron chi connectivity index (χ2n) is 6.57. The summed E-state index contributed by atoms with van der Waals surface area (Å²) in [7, 11) is 1.60. The molecule has 1 aliphatic heterocycles. The highest BCUT2D eigenvalue weighted by Gasteiger charge is 2.28. The lowest BCUT2D eigenvalue weighted by Crippen LogP contribution is -2.46. The molecule has 3 amide bonds. The third-order valence-electron chi connectivity index (χ3n) is 4.25. The molecule has 0 unspecified atom stereocenters. The Bertz CT molecular complexity index is 595. The first-order valence-electron chi connectivity index (χ1n) is 8.51. The van der Waals surface area contributed by atoms with Crippen molar-refractivity contribution >= 4 is 17.6 Å². The van der Waals surface area contributed by atoms with Gasteiger partial charge in [-0.2, -0.15) is 0 Å². The van der Waals surface area contributed by atoms with Crippen molar-refractivity contribution in [1.82, 2.24) is 10.2 Å². The fraction of sp³-hybridized carbons (Fsp3) is 0.556. The molecule has 0 spiro atoms. The van der Waals surface area contributed by atoms with Crippen LogP contribution in [0.25, 0.3) is 0 Å². The number of piperidine rings is 1. The van der Waals surface area contributed by atoms with Crippen LogP contribution in [0.15, 0.2) is 18.2 Å². The van der Waals surface area contributed by atoms with E-state index in [-0.39, 0.29) is 29.7 Å². The third kappa shape index (κ3) is 5.70. The molecule has 25 heavy (non-hydrogen) atoms. The number of nitrogens with one attached hydrogen (secondary N) is 2. The van der Waals surface area contributed by atoms with Crippen LogP contribution in [-0.2, 0) is 9.53 Å². The Morgan fingerprint density at radius 1 is 1.32 bits per heavy atom. The summed E-state index contributed by atoms with van der Waals surface area (Å²) in [6.45, 7) is 5.13. The van der Waals surface area contributed by atoms with Crippen LogP contribution < -0.4 is 10.6 Å². The SMILES string of the molecule is COC[C@@H](C)NC(=O)C1CCN(C(=O)Nc2cc(C)cc(F)c2)CC1. The van der Waals surface area contributed by atoms with Crippen LogP contribution in [0.1, 0.15) is 25.3 Å². The smallest absolute Gasteiger partial charge is 0.321 e. The first-order valence-corrected chi connectivity index (χ1v) is 8.51. The molecule has 1 aromatic carbocycles.